The number of hydrogen-bond acceptors (Lipinski definition) is 6. The molecule has 0 bridgehead atoms. The molecule has 0 saturated heterocycles. The third-order valence-corrected chi connectivity index (χ3v) is 4.22. The maximum atomic E-state index is 12.8. The zero-order chi connectivity index (χ0) is 21.1. The molecule has 29 heavy (non-hydrogen) atoms. The second-order valence-corrected chi connectivity index (χ2v) is 6.55. The average molecular weight is 416 g/mol. The van der Waals surface area contributed by atoms with Crippen LogP contribution in [0.25, 0.3) is 0 Å². The SMILES string of the molecule is N#Cc1ccc(OCC(=O)NNC(=O)CSCC(=O)Nc2ccc(F)cc2)cc1. The molecule has 0 fully saturated rings. The molecule has 8 nitrogen and oxygen atoms in total. The molecule has 2 aromatic carbocycles. The maximum Gasteiger partial charge on any atom is 0.276 e. The molecule has 0 heterocycles. The highest BCUT2D eigenvalue weighted by Gasteiger charge is 2.08. The van der Waals surface area contributed by atoms with Crippen molar-refractivity contribution in [2.75, 3.05) is 23.4 Å². The Morgan fingerprint density at radius 1 is 0.931 bits per heavy atom. The van der Waals surface area contributed by atoms with E-state index in [1.807, 2.05) is 6.07 Å². The number of hydrogen-bond donors (Lipinski definition) is 3. The Bertz CT molecular complexity index is 898. The van der Waals surface area contributed by atoms with Crippen molar-refractivity contribution in [3.05, 3.63) is 59.9 Å². The molecular formula is C19H17FN4O4S. The van der Waals surface area contributed by atoms with Gasteiger partial charge in [-0.3, -0.25) is 25.2 Å². The van der Waals surface area contributed by atoms with E-state index in [9.17, 15) is 18.8 Å². The number of carbonyl (C=O) groups is 3. The topological polar surface area (TPSA) is 120 Å². The number of carbonyl (C=O) groups excluding carboxylic acids is 3. The third kappa shape index (κ3) is 8.32. The van der Waals surface area contributed by atoms with Crippen LogP contribution in [0.5, 0.6) is 5.75 Å². The van der Waals surface area contributed by atoms with Gasteiger partial charge in [-0.2, -0.15) is 5.26 Å². The monoisotopic (exact) mass is 416 g/mol. The minimum absolute atomic E-state index is 0.0144. The highest BCUT2D eigenvalue weighted by molar-refractivity contribution is 8.00. The molecule has 10 heteroatoms. The van der Waals surface area contributed by atoms with Crippen molar-refractivity contribution in [2.45, 2.75) is 0 Å². The van der Waals surface area contributed by atoms with Gasteiger partial charge in [0.05, 0.1) is 23.1 Å². The van der Waals surface area contributed by atoms with Gasteiger partial charge >= 0.3 is 0 Å². The summed E-state index contributed by atoms with van der Waals surface area (Å²) >= 11 is 1.05. The van der Waals surface area contributed by atoms with E-state index in [0.717, 1.165) is 11.8 Å². The van der Waals surface area contributed by atoms with Gasteiger partial charge in [0.2, 0.25) is 11.8 Å². The van der Waals surface area contributed by atoms with E-state index in [-0.39, 0.29) is 24.0 Å². The molecule has 0 spiro atoms. The quantitative estimate of drug-likeness (QED) is 0.562. The number of anilines is 1. The van der Waals surface area contributed by atoms with Crippen LogP contribution >= 0.6 is 11.8 Å². The third-order valence-electron chi connectivity index (χ3n) is 3.29. The Morgan fingerprint density at radius 2 is 1.55 bits per heavy atom. The number of halogens is 1. The first-order chi connectivity index (χ1) is 14.0. The molecular weight excluding hydrogens is 399 g/mol. The van der Waals surface area contributed by atoms with Crippen molar-refractivity contribution in [2.24, 2.45) is 0 Å². The lowest BCUT2D eigenvalue weighted by Crippen LogP contribution is -2.44. The second-order valence-electron chi connectivity index (χ2n) is 5.57. The van der Waals surface area contributed by atoms with Crippen LogP contribution in [0.15, 0.2) is 48.5 Å². The number of rotatable bonds is 8. The lowest BCUT2D eigenvalue weighted by atomic mass is 10.2. The number of nitriles is 1. The largest absolute Gasteiger partial charge is 0.484 e. The highest BCUT2D eigenvalue weighted by atomic mass is 32.2. The lowest BCUT2D eigenvalue weighted by molar-refractivity contribution is -0.128. The van der Waals surface area contributed by atoms with Gasteiger partial charge < -0.3 is 10.1 Å². The van der Waals surface area contributed by atoms with E-state index in [1.165, 1.54) is 24.3 Å². The minimum atomic E-state index is -0.568. The molecule has 3 N–H and O–H groups in total. The number of benzene rings is 2. The first kappa shape index (κ1) is 21.7. The Balaban J connectivity index is 1.58. The zero-order valence-corrected chi connectivity index (χ0v) is 15.9. The highest BCUT2D eigenvalue weighted by Crippen LogP contribution is 2.11. The van der Waals surface area contributed by atoms with E-state index in [2.05, 4.69) is 16.2 Å². The number of ether oxygens (including phenoxy) is 1. The van der Waals surface area contributed by atoms with E-state index in [1.54, 1.807) is 24.3 Å². The van der Waals surface area contributed by atoms with Gasteiger partial charge in [-0.05, 0) is 48.5 Å². The normalized spacial score (nSPS) is 9.79. The smallest absolute Gasteiger partial charge is 0.276 e. The predicted molar refractivity (Wildman–Crippen MR) is 105 cm³/mol. The van der Waals surface area contributed by atoms with Crippen molar-refractivity contribution in [1.82, 2.24) is 10.9 Å². The van der Waals surface area contributed by atoms with Gasteiger partial charge in [-0.1, -0.05) is 0 Å². The van der Waals surface area contributed by atoms with Crippen LogP contribution in [0.3, 0.4) is 0 Å². The van der Waals surface area contributed by atoms with Crippen LogP contribution in [0.4, 0.5) is 10.1 Å². The lowest BCUT2D eigenvalue weighted by Gasteiger charge is -2.09. The maximum absolute atomic E-state index is 12.8. The van der Waals surface area contributed by atoms with Crippen molar-refractivity contribution in [3.8, 4) is 11.8 Å². The molecule has 0 aromatic heterocycles. The first-order valence-electron chi connectivity index (χ1n) is 8.30. The Morgan fingerprint density at radius 3 is 2.21 bits per heavy atom. The number of thioether (sulfide) groups is 1. The molecule has 0 aliphatic carbocycles. The van der Waals surface area contributed by atoms with Crippen molar-refractivity contribution in [3.63, 3.8) is 0 Å². The Labute approximate surface area is 170 Å². The summed E-state index contributed by atoms with van der Waals surface area (Å²) in [6.07, 6.45) is 0. The molecule has 0 aliphatic rings. The van der Waals surface area contributed by atoms with Gasteiger partial charge in [-0.15, -0.1) is 11.8 Å². The van der Waals surface area contributed by atoms with Crippen LogP contribution in [0, 0.1) is 17.1 Å². The second kappa shape index (κ2) is 11.3. The summed E-state index contributed by atoms with van der Waals surface area (Å²) in [5, 5.41) is 11.3. The fourth-order valence-electron chi connectivity index (χ4n) is 1.95. The fraction of sp³-hybridized carbons (Fsp3) is 0.158. The summed E-state index contributed by atoms with van der Waals surface area (Å²) in [6.45, 7) is -0.320. The van der Waals surface area contributed by atoms with Gasteiger partial charge in [-0.25, -0.2) is 4.39 Å². The fourth-order valence-corrected chi connectivity index (χ4v) is 2.57. The number of amides is 3. The number of nitrogens with zero attached hydrogens (tertiary/aromatic N) is 1. The van der Waals surface area contributed by atoms with Crippen molar-refractivity contribution < 1.29 is 23.5 Å². The zero-order valence-electron chi connectivity index (χ0n) is 15.1. The minimum Gasteiger partial charge on any atom is -0.484 e. The average Bonchev–Trinajstić information content (AvgIpc) is 2.72. The molecule has 0 saturated carbocycles. The Kier molecular flexibility index (Phi) is 8.47. The predicted octanol–water partition coefficient (Wildman–Crippen LogP) is 1.60. The van der Waals surface area contributed by atoms with Gasteiger partial charge in [0.15, 0.2) is 6.61 Å². The van der Waals surface area contributed by atoms with Crippen LogP contribution in [-0.4, -0.2) is 35.8 Å². The summed E-state index contributed by atoms with van der Waals surface area (Å²) in [5.41, 5.74) is 5.33. The molecule has 0 atom stereocenters. The van der Waals surface area contributed by atoms with Crippen LogP contribution in [0.1, 0.15) is 5.56 Å². The molecule has 3 amide bonds. The molecule has 0 aliphatic heterocycles. The van der Waals surface area contributed by atoms with Crippen molar-refractivity contribution >= 4 is 35.2 Å². The molecule has 0 unspecified atom stereocenters. The van der Waals surface area contributed by atoms with Crippen LogP contribution in [-0.2, 0) is 14.4 Å². The molecule has 2 aromatic rings. The van der Waals surface area contributed by atoms with E-state index < -0.39 is 17.6 Å². The summed E-state index contributed by atoms with van der Waals surface area (Å²) in [6, 6.07) is 13.5. The first-order valence-corrected chi connectivity index (χ1v) is 9.45. The number of hydrazine groups is 1. The molecule has 2 rings (SSSR count). The summed E-state index contributed by atoms with van der Waals surface area (Å²) in [7, 11) is 0. The molecule has 0 radical (unpaired) electrons. The summed E-state index contributed by atoms with van der Waals surface area (Å²) in [4.78, 5) is 35.1. The Hall–Kier alpha value is -3.58. The summed E-state index contributed by atoms with van der Waals surface area (Å²) in [5.74, 6) is -1.42. The van der Waals surface area contributed by atoms with Crippen molar-refractivity contribution in [1.29, 1.82) is 5.26 Å². The summed E-state index contributed by atoms with van der Waals surface area (Å²) < 4.78 is 18.0. The van der Waals surface area contributed by atoms with E-state index in [4.69, 9.17) is 10.00 Å². The molecule has 150 valence electrons. The van der Waals surface area contributed by atoms with Gasteiger partial charge in [0.25, 0.3) is 5.91 Å². The van der Waals surface area contributed by atoms with Gasteiger partial charge in [0.1, 0.15) is 11.6 Å². The van der Waals surface area contributed by atoms with Crippen LogP contribution < -0.4 is 20.9 Å². The van der Waals surface area contributed by atoms with E-state index in [0.29, 0.717) is 17.0 Å². The standard InChI is InChI=1S/C19H17FN4O4S/c20-14-3-5-15(6-4-14)22-18(26)11-29-12-19(27)24-23-17(25)10-28-16-7-1-13(9-21)2-8-16/h1-8H,10-12H2,(H,22,26)(H,23,25)(H,24,27). The van der Waals surface area contributed by atoms with E-state index >= 15 is 0 Å². The number of nitrogens with one attached hydrogen (secondary N) is 3. The van der Waals surface area contributed by atoms with Crippen LogP contribution in [0.2, 0.25) is 0 Å². The van der Waals surface area contributed by atoms with Gasteiger partial charge in [0, 0.05) is 5.69 Å².